The Morgan fingerprint density at radius 3 is 2.50 bits per heavy atom. The predicted molar refractivity (Wildman–Crippen MR) is 71.2 cm³/mol. The van der Waals surface area contributed by atoms with Crippen LogP contribution in [-0.2, 0) is 6.42 Å². The summed E-state index contributed by atoms with van der Waals surface area (Å²) < 4.78 is 40.0. The van der Waals surface area contributed by atoms with Crippen LogP contribution >= 0.6 is 11.6 Å². The lowest BCUT2D eigenvalue weighted by molar-refractivity contribution is 0.173. The molecule has 1 N–H and O–H groups in total. The normalized spacial score (nSPS) is 12.5. The summed E-state index contributed by atoms with van der Waals surface area (Å²) in [6, 6.07) is 5.70. The minimum Gasteiger partial charge on any atom is -0.388 e. The number of hydrogen-bond donors (Lipinski definition) is 1. The first-order valence-corrected chi connectivity index (χ1v) is 6.34. The van der Waals surface area contributed by atoms with Gasteiger partial charge in [0, 0.05) is 23.1 Å². The van der Waals surface area contributed by atoms with Gasteiger partial charge in [0.2, 0.25) is 0 Å². The van der Waals surface area contributed by atoms with Crippen molar-refractivity contribution in [2.75, 3.05) is 0 Å². The molecule has 0 aromatic heterocycles. The molecule has 2 aromatic carbocycles. The van der Waals surface area contributed by atoms with E-state index in [4.69, 9.17) is 11.6 Å². The van der Waals surface area contributed by atoms with Gasteiger partial charge in [0.15, 0.2) is 0 Å². The molecule has 0 radical (unpaired) electrons. The first-order valence-electron chi connectivity index (χ1n) is 5.96. The van der Waals surface area contributed by atoms with E-state index in [1.807, 2.05) is 0 Å². The minimum atomic E-state index is -1.23. The number of aryl methyl sites for hydroxylation is 1. The Morgan fingerprint density at radius 2 is 1.80 bits per heavy atom. The maximum atomic E-state index is 13.7. The lowest BCUT2D eigenvalue weighted by atomic mass is 9.99. The van der Waals surface area contributed by atoms with E-state index in [0.29, 0.717) is 5.56 Å². The second kappa shape index (κ2) is 5.85. The van der Waals surface area contributed by atoms with Crippen LogP contribution in [0.2, 0.25) is 5.02 Å². The van der Waals surface area contributed by atoms with E-state index in [1.54, 1.807) is 0 Å². The number of benzene rings is 2. The highest BCUT2D eigenvalue weighted by atomic mass is 35.5. The molecule has 0 bridgehead atoms. The highest BCUT2D eigenvalue weighted by Gasteiger charge is 2.17. The smallest absolute Gasteiger partial charge is 0.131 e. The number of aliphatic hydroxyl groups excluding tert-OH is 1. The minimum absolute atomic E-state index is 0.0378. The first kappa shape index (κ1) is 14.9. The Labute approximate surface area is 119 Å². The van der Waals surface area contributed by atoms with Crippen LogP contribution in [0.3, 0.4) is 0 Å². The number of hydrogen-bond acceptors (Lipinski definition) is 1. The van der Waals surface area contributed by atoms with Crippen molar-refractivity contribution in [3.8, 4) is 0 Å². The van der Waals surface area contributed by atoms with Crippen molar-refractivity contribution < 1.29 is 18.3 Å². The molecule has 1 nitrogen and oxygen atoms in total. The SMILES string of the molecule is Cc1cc(C(O)Cc2cc(F)ccc2Cl)c(F)cc1F. The maximum Gasteiger partial charge on any atom is 0.131 e. The van der Waals surface area contributed by atoms with Crippen LogP contribution in [0.25, 0.3) is 0 Å². The van der Waals surface area contributed by atoms with E-state index >= 15 is 0 Å². The Bertz CT molecular complexity index is 643. The molecule has 106 valence electrons. The van der Waals surface area contributed by atoms with Crippen LogP contribution in [-0.4, -0.2) is 5.11 Å². The van der Waals surface area contributed by atoms with Crippen LogP contribution in [0.4, 0.5) is 13.2 Å². The van der Waals surface area contributed by atoms with E-state index in [9.17, 15) is 18.3 Å². The third-order valence-corrected chi connectivity index (χ3v) is 3.43. The van der Waals surface area contributed by atoms with Gasteiger partial charge in [-0.1, -0.05) is 11.6 Å². The van der Waals surface area contributed by atoms with Crippen molar-refractivity contribution in [3.05, 3.63) is 69.5 Å². The van der Waals surface area contributed by atoms with E-state index in [2.05, 4.69) is 0 Å². The van der Waals surface area contributed by atoms with Gasteiger partial charge < -0.3 is 5.11 Å². The molecule has 0 aliphatic carbocycles. The van der Waals surface area contributed by atoms with Crippen molar-refractivity contribution in [2.24, 2.45) is 0 Å². The number of aliphatic hydroxyl groups is 1. The van der Waals surface area contributed by atoms with Crippen LogP contribution in [0.1, 0.15) is 22.8 Å². The summed E-state index contributed by atoms with van der Waals surface area (Å²) in [5, 5.41) is 10.3. The van der Waals surface area contributed by atoms with Crippen molar-refractivity contribution in [1.29, 1.82) is 0 Å². The Kier molecular flexibility index (Phi) is 4.35. The Morgan fingerprint density at radius 1 is 1.10 bits per heavy atom. The molecule has 2 aromatic rings. The van der Waals surface area contributed by atoms with Gasteiger partial charge in [-0.15, -0.1) is 0 Å². The quantitative estimate of drug-likeness (QED) is 0.894. The van der Waals surface area contributed by atoms with E-state index in [1.165, 1.54) is 31.2 Å². The number of rotatable bonds is 3. The molecule has 0 aliphatic heterocycles. The topological polar surface area (TPSA) is 20.2 Å². The molecule has 20 heavy (non-hydrogen) atoms. The third-order valence-electron chi connectivity index (χ3n) is 3.06. The molecule has 0 aliphatic rings. The lowest BCUT2D eigenvalue weighted by Crippen LogP contribution is -2.06. The van der Waals surface area contributed by atoms with Crippen molar-refractivity contribution in [3.63, 3.8) is 0 Å². The fourth-order valence-corrected chi connectivity index (χ4v) is 2.15. The second-order valence-corrected chi connectivity index (χ2v) is 4.99. The van der Waals surface area contributed by atoms with Gasteiger partial charge in [0.05, 0.1) is 6.10 Å². The molecule has 0 spiro atoms. The summed E-state index contributed by atoms with van der Waals surface area (Å²) >= 11 is 5.89. The van der Waals surface area contributed by atoms with Gasteiger partial charge in [0.25, 0.3) is 0 Å². The summed E-state index contributed by atoms with van der Waals surface area (Å²) in [5.41, 5.74) is 0.551. The van der Waals surface area contributed by atoms with Gasteiger partial charge in [-0.2, -0.15) is 0 Å². The van der Waals surface area contributed by atoms with Crippen LogP contribution in [0.15, 0.2) is 30.3 Å². The fourth-order valence-electron chi connectivity index (χ4n) is 1.95. The number of halogens is 4. The first-order chi connectivity index (χ1) is 9.38. The summed E-state index contributed by atoms with van der Waals surface area (Å²) in [5.74, 6) is -2.01. The highest BCUT2D eigenvalue weighted by Crippen LogP contribution is 2.27. The van der Waals surface area contributed by atoms with Gasteiger partial charge in [-0.25, -0.2) is 13.2 Å². The van der Waals surface area contributed by atoms with Gasteiger partial charge in [-0.3, -0.25) is 0 Å². The van der Waals surface area contributed by atoms with Crippen molar-refractivity contribution >= 4 is 11.6 Å². The summed E-state index contributed by atoms with van der Waals surface area (Å²) in [7, 11) is 0. The monoisotopic (exact) mass is 300 g/mol. The van der Waals surface area contributed by atoms with Gasteiger partial charge >= 0.3 is 0 Å². The zero-order valence-corrected chi connectivity index (χ0v) is 11.4. The van der Waals surface area contributed by atoms with E-state index < -0.39 is 23.6 Å². The lowest BCUT2D eigenvalue weighted by Gasteiger charge is -2.14. The largest absolute Gasteiger partial charge is 0.388 e. The molecule has 1 unspecified atom stereocenters. The Hall–Kier alpha value is -1.52. The molecule has 5 heteroatoms. The third kappa shape index (κ3) is 3.14. The Balaban J connectivity index is 2.30. The molecule has 0 amide bonds. The average Bonchev–Trinajstić information content (AvgIpc) is 2.38. The van der Waals surface area contributed by atoms with Crippen LogP contribution in [0.5, 0.6) is 0 Å². The molecule has 2 rings (SSSR count). The summed E-state index contributed by atoms with van der Waals surface area (Å²) in [6.45, 7) is 1.47. The van der Waals surface area contributed by atoms with E-state index in [-0.39, 0.29) is 22.6 Å². The van der Waals surface area contributed by atoms with Crippen LogP contribution < -0.4 is 0 Å². The van der Waals surface area contributed by atoms with Crippen molar-refractivity contribution in [2.45, 2.75) is 19.4 Å². The molecule has 1 atom stereocenters. The zero-order valence-electron chi connectivity index (χ0n) is 10.6. The molecule has 0 saturated carbocycles. The highest BCUT2D eigenvalue weighted by molar-refractivity contribution is 6.31. The van der Waals surface area contributed by atoms with Gasteiger partial charge in [0.1, 0.15) is 17.5 Å². The molecule has 0 saturated heterocycles. The molecule has 0 heterocycles. The van der Waals surface area contributed by atoms with Crippen molar-refractivity contribution in [1.82, 2.24) is 0 Å². The second-order valence-electron chi connectivity index (χ2n) is 4.58. The molecule has 0 fully saturated rings. The zero-order chi connectivity index (χ0) is 14.9. The summed E-state index contributed by atoms with van der Waals surface area (Å²) in [6.07, 6.45) is -1.29. The average molecular weight is 301 g/mol. The van der Waals surface area contributed by atoms with Gasteiger partial charge in [-0.05, 0) is 42.3 Å². The predicted octanol–water partition coefficient (Wildman–Crippen LogP) is 4.34. The molecular formula is C15H12ClF3O. The fraction of sp³-hybridized carbons (Fsp3) is 0.200. The van der Waals surface area contributed by atoms with E-state index in [0.717, 1.165) is 6.07 Å². The summed E-state index contributed by atoms with van der Waals surface area (Å²) in [4.78, 5) is 0. The molecular weight excluding hydrogens is 289 g/mol. The van der Waals surface area contributed by atoms with Crippen LogP contribution in [0, 0.1) is 24.4 Å². The maximum absolute atomic E-state index is 13.7. The standard InChI is InChI=1S/C15H12ClF3O/c1-8-4-11(14(19)7-13(8)18)15(20)6-9-5-10(17)2-3-12(9)16/h2-5,7,15,20H,6H2,1H3.